The first-order chi connectivity index (χ1) is 12.0. The van der Waals surface area contributed by atoms with Crippen LogP contribution in [0.1, 0.15) is 10.5 Å². The molecule has 0 aliphatic carbocycles. The average molecular weight is 341 g/mol. The highest BCUT2D eigenvalue weighted by atomic mass is 16.5. The topological polar surface area (TPSA) is 69.9 Å². The predicted molar refractivity (Wildman–Crippen MR) is 95.0 cm³/mol. The second-order valence-electron chi connectivity index (χ2n) is 5.55. The van der Waals surface area contributed by atoms with E-state index in [-0.39, 0.29) is 5.69 Å². The molecule has 130 valence electrons. The highest BCUT2D eigenvalue weighted by molar-refractivity contribution is 5.96. The highest BCUT2D eigenvalue weighted by Crippen LogP contribution is 2.44. The molecule has 0 aliphatic rings. The zero-order valence-corrected chi connectivity index (χ0v) is 14.5. The zero-order valence-electron chi connectivity index (χ0n) is 14.5. The smallest absolute Gasteiger partial charge is 0.352 e. The van der Waals surface area contributed by atoms with E-state index in [1.54, 1.807) is 39.0 Å². The zero-order chi connectivity index (χ0) is 18.1. The number of hydrogen-bond donors (Lipinski definition) is 1. The van der Waals surface area contributed by atoms with Gasteiger partial charge in [0, 0.05) is 23.5 Å². The van der Waals surface area contributed by atoms with Crippen LogP contribution < -0.4 is 14.2 Å². The van der Waals surface area contributed by atoms with Crippen molar-refractivity contribution >= 4 is 16.9 Å². The van der Waals surface area contributed by atoms with Crippen molar-refractivity contribution in [2.24, 2.45) is 7.05 Å². The maximum absolute atomic E-state index is 11.3. The fraction of sp³-hybridized carbons (Fsp3) is 0.211. The number of ether oxygens (including phenoxy) is 3. The number of aromatic carboxylic acids is 1. The van der Waals surface area contributed by atoms with Gasteiger partial charge in [-0.1, -0.05) is 12.1 Å². The fourth-order valence-corrected chi connectivity index (χ4v) is 3.03. The molecule has 0 bridgehead atoms. The van der Waals surface area contributed by atoms with Crippen LogP contribution in [-0.2, 0) is 7.05 Å². The number of rotatable bonds is 5. The number of carbonyl (C=O) groups is 1. The van der Waals surface area contributed by atoms with Crippen molar-refractivity contribution in [1.29, 1.82) is 0 Å². The minimum Gasteiger partial charge on any atom is -0.493 e. The summed E-state index contributed by atoms with van der Waals surface area (Å²) in [4.78, 5) is 11.3. The van der Waals surface area contributed by atoms with Gasteiger partial charge in [0.1, 0.15) is 5.69 Å². The minimum atomic E-state index is -0.955. The van der Waals surface area contributed by atoms with Crippen molar-refractivity contribution in [2.75, 3.05) is 21.3 Å². The molecule has 0 saturated carbocycles. The first-order valence-corrected chi connectivity index (χ1v) is 7.64. The molecule has 1 aromatic heterocycles. The molecule has 0 saturated heterocycles. The number of nitrogens with zero attached hydrogens (tertiary/aromatic N) is 1. The average Bonchev–Trinajstić information content (AvgIpc) is 2.96. The van der Waals surface area contributed by atoms with E-state index in [0.717, 1.165) is 22.0 Å². The summed E-state index contributed by atoms with van der Waals surface area (Å²) in [6.07, 6.45) is 0. The lowest BCUT2D eigenvalue weighted by Crippen LogP contribution is -2.03. The third-order valence-corrected chi connectivity index (χ3v) is 4.28. The van der Waals surface area contributed by atoms with E-state index in [0.29, 0.717) is 17.2 Å². The Labute approximate surface area is 145 Å². The van der Waals surface area contributed by atoms with Crippen LogP contribution in [0.4, 0.5) is 0 Å². The number of aromatic nitrogens is 1. The van der Waals surface area contributed by atoms with Gasteiger partial charge < -0.3 is 23.9 Å². The summed E-state index contributed by atoms with van der Waals surface area (Å²) in [6.45, 7) is 0. The van der Waals surface area contributed by atoms with E-state index >= 15 is 0 Å². The van der Waals surface area contributed by atoms with E-state index in [4.69, 9.17) is 14.2 Å². The lowest BCUT2D eigenvalue weighted by Gasteiger charge is -2.16. The lowest BCUT2D eigenvalue weighted by molar-refractivity contribution is 0.0687. The Bertz CT molecular complexity index is 958. The SMILES string of the molecule is COc1ccc(-c2ccc3cc(C(=O)O)n(C)c3c2)c(OC)c1OC. The van der Waals surface area contributed by atoms with Gasteiger partial charge in [-0.25, -0.2) is 4.79 Å². The van der Waals surface area contributed by atoms with Crippen LogP contribution in [0.2, 0.25) is 0 Å². The summed E-state index contributed by atoms with van der Waals surface area (Å²) in [5, 5.41) is 10.2. The van der Waals surface area contributed by atoms with Gasteiger partial charge in [-0.2, -0.15) is 0 Å². The van der Waals surface area contributed by atoms with E-state index < -0.39 is 5.97 Å². The standard InChI is InChI=1S/C19H19NO5/c1-20-14-9-11(5-6-12(14)10-15(20)19(21)22)13-7-8-16(23-2)18(25-4)17(13)24-3/h5-10H,1-4H3,(H,21,22). The number of fused-ring (bicyclic) bond motifs is 1. The van der Waals surface area contributed by atoms with Crippen molar-refractivity contribution in [3.8, 4) is 28.4 Å². The Morgan fingerprint density at radius 2 is 1.68 bits per heavy atom. The molecular formula is C19H19NO5. The fourth-order valence-electron chi connectivity index (χ4n) is 3.03. The second-order valence-corrected chi connectivity index (χ2v) is 5.55. The molecule has 0 amide bonds. The molecule has 0 fully saturated rings. The predicted octanol–water partition coefficient (Wildman–Crippen LogP) is 3.57. The summed E-state index contributed by atoms with van der Waals surface area (Å²) >= 11 is 0. The Balaban J connectivity index is 2.23. The summed E-state index contributed by atoms with van der Waals surface area (Å²) < 4.78 is 18.0. The van der Waals surface area contributed by atoms with Crippen molar-refractivity contribution < 1.29 is 24.1 Å². The van der Waals surface area contributed by atoms with E-state index in [1.165, 1.54) is 0 Å². The van der Waals surface area contributed by atoms with Crippen LogP contribution in [0.25, 0.3) is 22.0 Å². The van der Waals surface area contributed by atoms with Crippen LogP contribution in [0.3, 0.4) is 0 Å². The van der Waals surface area contributed by atoms with Gasteiger partial charge in [-0.15, -0.1) is 0 Å². The molecule has 0 atom stereocenters. The van der Waals surface area contributed by atoms with Gasteiger partial charge in [0.05, 0.1) is 21.3 Å². The van der Waals surface area contributed by atoms with Crippen molar-refractivity contribution in [3.63, 3.8) is 0 Å². The number of hydrogen-bond acceptors (Lipinski definition) is 4. The van der Waals surface area contributed by atoms with Crippen LogP contribution in [0.15, 0.2) is 36.4 Å². The molecule has 3 rings (SSSR count). The Morgan fingerprint density at radius 1 is 0.960 bits per heavy atom. The molecule has 2 aromatic carbocycles. The molecule has 1 N–H and O–H groups in total. The number of aryl methyl sites for hydroxylation is 1. The monoisotopic (exact) mass is 341 g/mol. The van der Waals surface area contributed by atoms with Crippen molar-refractivity contribution in [3.05, 3.63) is 42.1 Å². The Kier molecular flexibility index (Phi) is 4.27. The molecule has 0 radical (unpaired) electrons. The summed E-state index contributed by atoms with van der Waals surface area (Å²) in [5.41, 5.74) is 2.79. The van der Waals surface area contributed by atoms with Crippen molar-refractivity contribution in [1.82, 2.24) is 4.57 Å². The maximum atomic E-state index is 11.3. The van der Waals surface area contributed by atoms with E-state index in [1.807, 2.05) is 30.3 Å². The first kappa shape index (κ1) is 16.7. The largest absolute Gasteiger partial charge is 0.493 e. The van der Waals surface area contributed by atoms with Gasteiger partial charge >= 0.3 is 5.97 Å². The third kappa shape index (κ3) is 2.65. The normalized spacial score (nSPS) is 10.7. The molecule has 3 aromatic rings. The maximum Gasteiger partial charge on any atom is 0.352 e. The molecule has 25 heavy (non-hydrogen) atoms. The van der Waals surface area contributed by atoms with Gasteiger partial charge in [-0.3, -0.25) is 0 Å². The summed E-state index contributed by atoms with van der Waals surface area (Å²) in [5.74, 6) is 0.703. The van der Waals surface area contributed by atoms with Crippen molar-refractivity contribution in [2.45, 2.75) is 0 Å². The summed E-state index contributed by atoms with van der Waals surface area (Å²) in [7, 11) is 6.44. The Hall–Kier alpha value is -3.15. The molecule has 6 nitrogen and oxygen atoms in total. The van der Waals surface area contributed by atoms with Crippen LogP contribution in [0, 0.1) is 0 Å². The molecule has 1 heterocycles. The molecule has 6 heteroatoms. The van der Waals surface area contributed by atoms with Crippen LogP contribution in [-0.4, -0.2) is 37.0 Å². The number of carboxylic acids is 1. The van der Waals surface area contributed by atoms with Gasteiger partial charge in [-0.05, 0) is 29.8 Å². The molecule has 0 spiro atoms. The Morgan fingerprint density at radius 3 is 2.28 bits per heavy atom. The molecule has 0 aliphatic heterocycles. The van der Waals surface area contributed by atoms with Gasteiger partial charge in [0.25, 0.3) is 0 Å². The first-order valence-electron chi connectivity index (χ1n) is 7.64. The highest BCUT2D eigenvalue weighted by Gasteiger charge is 2.18. The van der Waals surface area contributed by atoms with E-state index in [9.17, 15) is 9.90 Å². The third-order valence-electron chi connectivity index (χ3n) is 4.28. The molecule has 0 unspecified atom stereocenters. The van der Waals surface area contributed by atoms with Crippen LogP contribution in [0.5, 0.6) is 17.2 Å². The number of carboxylic acid groups (broad SMARTS) is 1. The quantitative estimate of drug-likeness (QED) is 0.768. The second kappa shape index (κ2) is 6.39. The number of benzene rings is 2. The lowest BCUT2D eigenvalue weighted by atomic mass is 10.0. The van der Waals surface area contributed by atoms with Gasteiger partial charge in [0.2, 0.25) is 5.75 Å². The molecular weight excluding hydrogens is 322 g/mol. The van der Waals surface area contributed by atoms with Crippen LogP contribution >= 0.6 is 0 Å². The number of methoxy groups -OCH3 is 3. The van der Waals surface area contributed by atoms with Gasteiger partial charge in [0.15, 0.2) is 11.5 Å². The minimum absolute atomic E-state index is 0.242. The summed E-state index contributed by atoms with van der Waals surface area (Å²) in [6, 6.07) is 11.1. The van der Waals surface area contributed by atoms with E-state index in [2.05, 4.69) is 0 Å².